The summed E-state index contributed by atoms with van der Waals surface area (Å²) in [5.41, 5.74) is 2.46. The van der Waals surface area contributed by atoms with Gasteiger partial charge in [0.2, 0.25) is 0 Å². The number of nitrogens with one attached hydrogen (secondary N) is 3. The van der Waals surface area contributed by atoms with Crippen molar-refractivity contribution in [3.05, 3.63) is 89.1 Å². The molecule has 0 saturated heterocycles. The molecule has 1 aliphatic rings. The number of halogens is 2. The Kier molecular flexibility index (Phi) is 10.7. The smallest absolute Gasteiger partial charge is 0.434 e. The maximum atomic E-state index is 13.3. The van der Waals surface area contributed by atoms with E-state index in [2.05, 4.69) is 26.0 Å². The molecule has 4 aromatic rings. The van der Waals surface area contributed by atoms with Crippen LogP contribution < -0.4 is 16.0 Å². The van der Waals surface area contributed by atoms with Crippen molar-refractivity contribution in [2.45, 2.75) is 31.7 Å². The molecule has 2 amide bonds. The van der Waals surface area contributed by atoms with Gasteiger partial charge in [-0.05, 0) is 38.1 Å². The minimum absolute atomic E-state index is 0. The molecule has 0 saturated carbocycles. The standard InChI is InChI=1S/C27H27N7O6S.2ClH/c1-3-40-27(37)34-23-9-12-28-14-21(23)24(32-34)31-26(36)20-8-11-29-15-22(20)30-25(35)18-10-13-33(16-18)41(38,39)19-6-4-17(2)5-7-19;;/h4-8,10-11,13,15-16,28H,3,9,12,14H2,1-2H3,(H,30,35)(H,31,32,36);2*1H. The summed E-state index contributed by atoms with van der Waals surface area (Å²) in [5, 5.41) is 12.8. The summed E-state index contributed by atoms with van der Waals surface area (Å²) in [7, 11) is -3.90. The van der Waals surface area contributed by atoms with Gasteiger partial charge in [-0.15, -0.1) is 29.9 Å². The molecule has 1 aromatic carbocycles. The molecule has 0 unspecified atom stereocenters. The average molecular weight is 651 g/mol. The fourth-order valence-corrected chi connectivity index (χ4v) is 5.54. The number of ether oxygens (including phenoxy) is 1. The summed E-state index contributed by atoms with van der Waals surface area (Å²) in [4.78, 5) is 42.8. The van der Waals surface area contributed by atoms with Gasteiger partial charge < -0.3 is 20.7 Å². The van der Waals surface area contributed by atoms with Crippen LogP contribution in [0.4, 0.5) is 16.3 Å². The molecular formula is C27H29Cl2N7O6S. The quantitative estimate of drug-likeness (QED) is 0.271. The molecule has 13 nitrogen and oxygen atoms in total. The van der Waals surface area contributed by atoms with E-state index in [0.717, 1.165) is 14.2 Å². The Hall–Kier alpha value is -4.24. The number of benzene rings is 1. The van der Waals surface area contributed by atoms with Crippen molar-refractivity contribution in [2.24, 2.45) is 0 Å². The van der Waals surface area contributed by atoms with Crippen LogP contribution in [-0.2, 0) is 27.7 Å². The Morgan fingerprint density at radius 2 is 1.79 bits per heavy atom. The minimum Gasteiger partial charge on any atom is -0.448 e. The number of rotatable bonds is 7. The second kappa shape index (κ2) is 13.8. The fraction of sp³-hybridized carbons (Fsp3) is 0.222. The van der Waals surface area contributed by atoms with Gasteiger partial charge in [0.05, 0.1) is 40.2 Å². The van der Waals surface area contributed by atoms with Crippen LogP contribution in [0.3, 0.4) is 0 Å². The predicted molar refractivity (Wildman–Crippen MR) is 163 cm³/mol. The number of carbonyl (C=O) groups is 3. The third-order valence-corrected chi connectivity index (χ3v) is 8.09. The van der Waals surface area contributed by atoms with Gasteiger partial charge in [-0.25, -0.2) is 17.2 Å². The summed E-state index contributed by atoms with van der Waals surface area (Å²) in [6, 6.07) is 9.14. The van der Waals surface area contributed by atoms with E-state index in [1.54, 1.807) is 19.1 Å². The molecule has 228 valence electrons. The minimum atomic E-state index is -3.90. The van der Waals surface area contributed by atoms with Gasteiger partial charge in [-0.2, -0.15) is 4.68 Å². The second-order valence-electron chi connectivity index (χ2n) is 9.19. The van der Waals surface area contributed by atoms with E-state index in [9.17, 15) is 22.8 Å². The maximum absolute atomic E-state index is 13.3. The lowest BCUT2D eigenvalue weighted by molar-refractivity contribution is 0.102. The van der Waals surface area contributed by atoms with E-state index in [4.69, 9.17) is 4.74 Å². The molecule has 1 aliphatic heterocycles. The number of amides is 2. The number of nitrogens with zero attached hydrogens (tertiary/aromatic N) is 4. The van der Waals surface area contributed by atoms with Crippen molar-refractivity contribution < 1.29 is 27.5 Å². The van der Waals surface area contributed by atoms with E-state index in [-0.39, 0.29) is 58.9 Å². The molecule has 4 heterocycles. The molecule has 0 radical (unpaired) electrons. The van der Waals surface area contributed by atoms with Crippen molar-refractivity contribution in [1.29, 1.82) is 0 Å². The first kappa shape index (κ1) is 33.3. The first-order chi connectivity index (χ1) is 19.7. The van der Waals surface area contributed by atoms with E-state index in [1.807, 2.05) is 6.92 Å². The van der Waals surface area contributed by atoms with E-state index >= 15 is 0 Å². The number of anilines is 2. The summed E-state index contributed by atoms with van der Waals surface area (Å²) in [6.45, 7) is 4.75. The highest BCUT2D eigenvalue weighted by molar-refractivity contribution is 7.90. The van der Waals surface area contributed by atoms with Crippen molar-refractivity contribution in [3.8, 4) is 0 Å². The molecule has 3 N–H and O–H groups in total. The summed E-state index contributed by atoms with van der Waals surface area (Å²) >= 11 is 0. The van der Waals surface area contributed by atoms with E-state index < -0.39 is 27.9 Å². The average Bonchev–Trinajstić information content (AvgIpc) is 3.60. The Morgan fingerprint density at radius 3 is 2.51 bits per heavy atom. The van der Waals surface area contributed by atoms with E-state index in [0.29, 0.717) is 30.8 Å². The van der Waals surface area contributed by atoms with Crippen LogP contribution in [0.25, 0.3) is 0 Å². The first-order valence-corrected chi connectivity index (χ1v) is 14.2. The van der Waals surface area contributed by atoms with Crippen molar-refractivity contribution in [3.63, 3.8) is 0 Å². The number of hydrogen-bond donors (Lipinski definition) is 3. The lowest BCUT2D eigenvalue weighted by Gasteiger charge is -2.15. The molecule has 5 rings (SSSR count). The number of fused-ring (bicyclic) bond motifs is 1. The second-order valence-corrected chi connectivity index (χ2v) is 11.0. The summed E-state index contributed by atoms with van der Waals surface area (Å²) < 4.78 is 33.1. The number of aromatic nitrogens is 4. The predicted octanol–water partition coefficient (Wildman–Crippen LogP) is 3.62. The molecule has 43 heavy (non-hydrogen) atoms. The number of pyridine rings is 1. The molecule has 0 spiro atoms. The van der Waals surface area contributed by atoms with Crippen LogP contribution in [0, 0.1) is 6.92 Å². The number of aryl methyl sites for hydroxylation is 1. The monoisotopic (exact) mass is 649 g/mol. The van der Waals surface area contributed by atoms with Gasteiger partial charge in [-0.1, -0.05) is 17.7 Å². The van der Waals surface area contributed by atoms with Crippen LogP contribution in [0.2, 0.25) is 0 Å². The van der Waals surface area contributed by atoms with Crippen molar-refractivity contribution in [2.75, 3.05) is 23.8 Å². The Bertz CT molecular complexity index is 1750. The lowest BCUT2D eigenvalue weighted by atomic mass is 10.1. The van der Waals surface area contributed by atoms with Crippen LogP contribution in [0.5, 0.6) is 0 Å². The zero-order valence-corrected chi connectivity index (χ0v) is 25.5. The zero-order valence-electron chi connectivity index (χ0n) is 23.1. The zero-order chi connectivity index (χ0) is 29.1. The lowest BCUT2D eigenvalue weighted by Crippen LogP contribution is -2.27. The molecule has 0 atom stereocenters. The Morgan fingerprint density at radius 1 is 1.05 bits per heavy atom. The van der Waals surface area contributed by atoms with Gasteiger partial charge in [0.25, 0.3) is 21.8 Å². The Labute approximate surface area is 259 Å². The van der Waals surface area contributed by atoms with Crippen LogP contribution in [0.1, 0.15) is 44.5 Å². The fourth-order valence-electron chi connectivity index (χ4n) is 4.34. The highest BCUT2D eigenvalue weighted by Gasteiger charge is 2.27. The topological polar surface area (TPSA) is 166 Å². The molecule has 3 aromatic heterocycles. The highest BCUT2D eigenvalue weighted by atomic mass is 35.5. The third kappa shape index (κ3) is 6.88. The maximum Gasteiger partial charge on any atom is 0.434 e. The molecule has 0 bridgehead atoms. The molecular weight excluding hydrogens is 621 g/mol. The van der Waals surface area contributed by atoms with Crippen LogP contribution in [-0.4, -0.2) is 58.2 Å². The number of hydrogen-bond acceptors (Lipinski definition) is 9. The first-order valence-electron chi connectivity index (χ1n) is 12.7. The largest absolute Gasteiger partial charge is 0.448 e. The van der Waals surface area contributed by atoms with Crippen LogP contribution in [0.15, 0.2) is 66.1 Å². The highest BCUT2D eigenvalue weighted by Crippen LogP contribution is 2.25. The summed E-state index contributed by atoms with van der Waals surface area (Å²) in [5.74, 6) is -1.04. The van der Waals surface area contributed by atoms with Gasteiger partial charge >= 0.3 is 6.09 Å². The normalized spacial score (nSPS) is 12.2. The van der Waals surface area contributed by atoms with Gasteiger partial charge in [-0.3, -0.25) is 14.6 Å². The van der Waals surface area contributed by atoms with Gasteiger partial charge in [0, 0.05) is 43.7 Å². The SMILES string of the molecule is CCOC(=O)n1nc(NC(=O)c2ccncc2NC(=O)c2ccn(S(=O)(=O)c3ccc(C)cc3)c2)c2c1CCNC2.Cl.Cl. The molecule has 16 heteroatoms. The Balaban J connectivity index is 0.00000253. The molecule has 0 aliphatic carbocycles. The number of carbonyl (C=O) groups excluding carboxylic acids is 3. The van der Waals surface area contributed by atoms with Crippen molar-refractivity contribution >= 4 is 64.3 Å². The van der Waals surface area contributed by atoms with Crippen LogP contribution >= 0.6 is 24.8 Å². The van der Waals surface area contributed by atoms with E-state index in [1.165, 1.54) is 49.1 Å². The molecule has 0 fully saturated rings. The third-order valence-electron chi connectivity index (χ3n) is 6.44. The summed E-state index contributed by atoms with van der Waals surface area (Å²) in [6.07, 6.45) is 5.05. The van der Waals surface area contributed by atoms with Gasteiger partial charge in [0.15, 0.2) is 5.82 Å². The van der Waals surface area contributed by atoms with Gasteiger partial charge in [0.1, 0.15) is 0 Å². The van der Waals surface area contributed by atoms with Crippen molar-refractivity contribution in [1.82, 2.24) is 24.1 Å².